The minimum absolute atomic E-state index is 0.130. The summed E-state index contributed by atoms with van der Waals surface area (Å²) in [5.74, 6) is 1.17. The maximum Gasteiger partial charge on any atom is 0.252 e. The summed E-state index contributed by atoms with van der Waals surface area (Å²) in [7, 11) is 0. The molecule has 2 aromatic carbocycles. The molecule has 1 atom stereocenters. The van der Waals surface area contributed by atoms with Gasteiger partial charge in [-0.05, 0) is 68.5 Å². The normalized spacial score (nSPS) is 18.3. The minimum Gasteiger partial charge on any atom is -0.494 e. The Balaban J connectivity index is 1.35. The zero-order valence-corrected chi connectivity index (χ0v) is 19.4. The van der Waals surface area contributed by atoms with Crippen LogP contribution in [0.3, 0.4) is 0 Å². The number of rotatable bonds is 6. The predicted molar refractivity (Wildman–Crippen MR) is 129 cm³/mol. The van der Waals surface area contributed by atoms with Crippen molar-refractivity contribution in [3.8, 4) is 11.4 Å². The van der Waals surface area contributed by atoms with E-state index in [2.05, 4.69) is 32.3 Å². The Kier molecular flexibility index (Phi) is 6.09. The number of para-hydroxylation sites is 1. The maximum atomic E-state index is 13.7. The highest BCUT2D eigenvalue weighted by molar-refractivity contribution is 5.99. The van der Waals surface area contributed by atoms with Crippen LogP contribution in [-0.4, -0.2) is 33.5 Å². The highest BCUT2D eigenvalue weighted by atomic mass is 16.5. The topological polar surface area (TPSA) is 85.2 Å². The van der Waals surface area contributed by atoms with Crippen LogP contribution in [0.1, 0.15) is 66.8 Å². The summed E-state index contributed by atoms with van der Waals surface area (Å²) in [5, 5.41) is 6.33. The molecule has 2 N–H and O–H groups in total. The number of fused-ring (bicyclic) bond motifs is 3. The Morgan fingerprint density at radius 2 is 1.88 bits per heavy atom. The Morgan fingerprint density at radius 1 is 1.12 bits per heavy atom. The van der Waals surface area contributed by atoms with Crippen LogP contribution in [-0.2, 0) is 11.2 Å². The van der Waals surface area contributed by atoms with E-state index in [-0.39, 0.29) is 17.9 Å². The van der Waals surface area contributed by atoms with Crippen molar-refractivity contribution in [1.29, 1.82) is 0 Å². The lowest BCUT2D eigenvalue weighted by atomic mass is 9.94. The number of aryl methyl sites for hydroxylation is 1. The summed E-state index contributed by atoms with van der Waals surface area (Å²) in [6, 6.07) is 15.1. The summed E-state index contributed by atoms with van der Waals surface area (Å²) in [4.78, 5) is 31.3. The second kappa shape index (κ2) is 9.33. The molecule has 0 radical (unpaired) electrons. The zero-order valence-electron chi connectivity index (χ0n) is 19.4. The first kappa shape index (κ1) is 22.2. The molecular weight excluding hydrogens is 428 g/mol. The molecule has 0 bridgehead atoms. The second-order valence-corrected chi connectivity index (χ2v) is 9.05. The fraction of sp³-hybridized carbons (Fsp3) is 0.370. The van der Waals surface area contributed by atoms with Crippen LogP contribution in [0.5, 0.6) is 5.75 Å². The number of carbonyl (C=O) groups is 2. The molecular formula is C27H30N4O3. The lowest BCUT2D eigenvalue weighted by Crippen LogP contribution is -2.57. The van der Waals surface area contributed by atoms with Crippen LogP contribution in [0.2, 0.25) is 0 Å². The Hall–Kier alpha value is -3.61. The molecule has 1 fully saturated rings. The Labute approximate surface area is 199 Å². The molecule has 7 heteroatoms. The van der Waals surface area contributed by atoms with Crippen LogP contribution in [0.25, 0.3) is 5.69 Å². The Morgan fingerprint density at radius 3 is 2.65 bits per heavy atom. The van der Waals surface area contributed by atoms with Gasteiger partial charge >= 0.3 is 0 Å². The van der Waals surface area contributed by atoms with E-state index in [1.807, 2.05) is 25.3 Å². The average Bonchev–Trinajstić information content (AvgIpc) is 3.51. The standard InChI is InChI=1S/C27H30N4O3/c1-2-34-21-12-9-20(10-13-21)25(32)30-27(15-5-6-16-27)26(33)29-22-14-11-19-7-3-4-8-23(19)31-18-17-28-24(22)31/h3-4,7-10,12-13,17-18,22H,2,5-6,11,14-16H2,1H3,(H,29,33)(H,30,32). The first-order valence-electron chi connectivity index (χ1n) is 12.1. The number of carbonyl (C=O) groups excluding carboxylic acids is 2. The van der Waals surface area contributed by atoms with Gasteiger partial charge in [-0.25, -0.2) is 4.98 Å². The first-order valence-corrected chi connectivity index (χ1v) is 12.1. The SMILES string of the molecule is CCOc1ccc(C(=O)NC2(C(=O)NC3CCc4ccccc4-n4ccnc43)CCCC2)cc1. The zero-order chi connectivity index (χ0) is 23.5. The van der Waals surface area contributed by atoms with E-state index in [9.17, 15) is 9.59 Å². The van der Waals surface area contributed by atoms with Gasteiger partial charge in [0.1, 0.15) is 17.1 Å². The van der Waals surface area contributed by atoms with Crippen molar-refractivity contribution in [2.45, 2.75) is 57.0 Å². The average molecular weight is 459 g/mol. The number of hydrogen-bond donors (Lipinski definition) is 2. The molecule has 1 aliphatic heterocycles. The molecule has 2 heterocycles. The minimum atomic E-state index is -0.910. The second-order valence-electron chi connectivity index (χ2n) is 9.05. The molecule has 7 nitrogen and oxygen atoms in total. The van der Waals surface area contributed by atoms with E-state index >= 15 is 0 Å². The lowest BCUT2D eigenvalue weighted by molar-refractivity contribution is -0.128. The summed E-state index contributed by atoms with van der Waals surface area (Å²) >= 11 is 0. The largest absolute Gasteiger partial charge is 0.494 e. The summed E-state index contributed by atoms with van der Waals surface area (Å²) in [5.41, 5.74) is 1.94. The molecule has 5 rings (SSSR count). The van der Waals surface area contributed by atoms with Crippen LogP contribution in [0.15, 0.2) is 60.9 Å². The number of aromatic nitrogens is 2. The third-order valence-corrected chi connectivity index (χ3v) is 6.91. The van der Waals surface area contributed by atoms with Crippen LogP contribution in [0, 0.1) is 0 Å². The molecule has 176 valence electrons. The highest BCUT2D eigenvalue weighted by Gasteiger charge is 2.43. The van der Waals surface area contributed by atoms with Crippen LogP contribution >= 0.6 is 0 Å². The van der Waals surface area contributed by atoms with E-state index in [0.29, 0.717) is 25.0 Å². The highest BCUT2D eigenvalue weighted by Crippen LogP contribution is 2.33. The molecule has 0 saturated heterocycles. The van der Waals surface area contributed by atoms with E-state index < -0.39 is 5.54 Å². The predicted octanol–water partition coefficient (Wildman–Crippen LogP) is 4.12. The fourth-order valence-corrected chi connectivity index (χ4v) is 5.14. The van der Waals surface area contributed by atoms with E-state index in [1.54, 1.807) is 30.5 Å². The molecule has 1 saturated carbocycles. The van der Waals surface area contributed by atoms with Crippen molar-refractivity contribution < 1.29 is 14.3 Å². The number of nitrogens with one attached hydrogen (secondary N) is 2. The summed E-state index contributed by atoms with van der Waals surface area (Å²) in [6.45, 7) is 2.49. The number of benzene rings is 2. The molecule has 0 spiro atoms. The quantitative estimate of drug-likeness (QED) is 0.582. The van der Waals surface area contributed by atoms with Crippen molar-refractivity contribution in [3.63, 3.8) is 0 Å². The molecule has 1 aromatic heterocycles. The summed E-state index contributed by atoms with van der Waals surface area (Å²) in [6.07, 6.45) is 8.38. The number of hydrogen-bond acceptors (Lipinski definition) is 4. The van der Waals surface area contributed by atoms with Gasteiger partial charge in [-0.15, -0.1) is 0 Å². The van der Waals surface area contributed by atoms with Gasteiger partial charge in [0.25, 0.3) is 5.91 Å². The fourth-order valence-electron chi connectivity index (χ4n) is 5.14. The van der Waals surface area contributed by atoms with E-state index in [4.69, 9.17) is 4.74 Å². The first-order chi connectivity index (χ1) is 16.6. The molecule has 2 amide bonds. The van der Waals surface area contributed by atoms with E-state index in [0.717, 1.165) is 42.9 Å². The summed E-state index contributed by atoms with van der Waals surface area (Å²) < 4.78 is 7.53. The van der Waals surface area contributed by atoms with Crippen molar-refractivity contribution in [2.75, 3.05) is 6.61 Å². The van der Waals surface area contributed by atoms with Gasteiger partial charge in [0, 0.05) is 23.6 Å². The van der Waals surface area contributed by atoms with Gasteiger partial charge in [-0.2, -0.15) is 0 Å². The van der Waals surface area contributed by atoms with Gasteiger partial charge in [0.2, 0.25) is 5.91 Å². The van der Waals surface area contributed by atoms with Crippen molar-refractivity contribution in [2.24, 2.45) is 0 Å². The number of ether oxygens (including phenoxy) is 1. The third-order valence-electron chi connectivity index (χ3n) is 6.91. The molecule has 3 aromatic rings. The number of nitrogens with zero attached hydrogens (tertiary/aromatic N) is 2. The van der Waals surface area contributed by atoms with Crippen LogP contribution < -0.4 is 15.4 Å². The third kappa shape index (κ3) is 4.18. The number of imidazole rings is 1. The molecule has 1 unspecified atom stereocenters. The van der Waals surface area contributed by atoms with Crippen molar-refractivity contribution in [1.82, 2.24) is 20.2 Å². The van der Waals surface area contributed by atoms with Gasteiger partial charge in [0.05, 0.1) is 12.6 Å². The smallest absolute Gasteiger partial charge is 0.252 e. The molecule has 1 aliphatic carbocycles. The van der Waals surface area contributed by atoms with Crippen molar-refractivity contribution in [3.05, 3.63) is 77.9 Å². The molecule has 2 aliphatic rings. The lowest BCUT2D eigenvalue weighted by Gasteiger charge is -2.31. The Bertz CT molecular complexity index is 1180. The van der Waals surface area contributed by atoms with E-state index in [1.165, 1.54) is 5.56 Å². The number of amides is 2. The van der Waals surface area contributed by atoms with Crippen LogP contribution in [0.4, 0.5) is 0 Å². The van der Waals surface area contributed by atoms with Crippen molar-refractivity contribution >= 4 is 11.8 Å². The van der Waals surface area contributed by atoms with Gasteiger partial charge in [-0.3, -0.25) is 9.59 Å². The van der Waals surface area contributed by atoms with Gasteiger partial charge in [-0.1, -0.05) is 31.0 Å². The maximum absolute atomic E-state index is 13.7. The van der Waals surface area contributed by atoms with Gasteiger partial charge in [0.15, 0.2) is 0 Å². The van der Waals surface area contributed by atoms with Gasteiger partial charge < -0.3 is 19.9 Å². The molecule has 34 heavy (non-hydrogen) atoms. The monoisotopic (exact) mass is 458 g/mol.